The quantitative estimate of drug-likeness (QED) is 0.356. The molecule has 0 heterocycles. The lowest BCUT2D eigenvalue weighted by atomic mass is 9.67. The number of nitro benzene ring substituents is 1. The van der Waals surface area contributed by atoms with Crippen molar-refractivity contribution in [2.75, 3.05) is 7.11 Å². The van der Waals surface area contributed by atoms with Gasteiger partial charge in [0.05, 0.1) is 12.0 Å². The predicted octanol–water partition coefficient (Wildman–Crippen LogP) is 2.36. The molecule has 0 amide bonds. The van der Waals surface area contributed by atoms with Gasteiger partial charge in [-0.25, -0.2) is 0 Å². The maximum Gasteiger partial charge on any atom is 0.320 e. The number of carbonyl (C=O) groups excluding carboxylic acids is 1. The molecular weight excluding hydrogens is 234 g/mol. The SMILES string of the molecule is COC(=O)C1(c2cccc([N+](=O)[O-])c2)C=C(C)C1. The normalized spacial score (nSPS) is 21.8. The number of nitrogens with zero attached hydrogens (tertiary/aromatic N) is 1. The maximum atomic E-state index is 11.9. The molecule has 5 heteroatoms. The molecule has 1 aliphatic carbocycles. The van der Waals surface area contributed by atoms with Gasteiger partial charge in [-0.05, 0) is 18.9 Å². The van der Waals surface area contributed by atoms with Crippen molar-refractivity contribution >= 4 is 11.7 Å². The molecule has 0 bridgehead atoms. The number of allylic oxidation sites excluding steroid dienone is 1. The lowest BCUT2D eigenvalue weighted by Crippen LogP contribution is -2.40. The number of rotatable bonds is 3. The van der Waals surface area contributed by atoms with Crippen LogP contribution in [-0.4, -0.2) is 18.0 Å². The zero-order chi connectivity index (χ0) is 13.3. The Labute approximate surface area is 104 Å². The second-order valence-corrected chi connectivity index (χ2v) is 4.44. The third-order valence-electron chi connectivity index (χ3n) is 3.17. The van der Waals surface area contributed by atoms with E-state index in [9.17, 15) is 14.9 Å². The summed E-state index contributed by atoms with van der Waals surface area (Å²) in [4.78, 5) is 22.2. The van der Waals surface area contributed by atoms with Crippen molar-refractivity contribution in [1.29, 1.82) is 0 Å². The van der Waals surface area contributed by atoms with E-state index in [1.807, 2.05) is 6.92 Å². The molecule has 0 N–H and O–H groups in total. The van der Waals surface area contributed by atoms with Crippen LogP contribution in [0.4, 0.5) is 5.69 Å². The number of ether oxygens (including phenoxy) is 1. The van der Waals surface area contributed by atoms with Crippen LogP contribution in [0.2, 0.25) is 0 Å². The molecule has 1 aromatic carbocycles. The highest BCUT2D eigenvalue weighted by molar-refractivity contribution is 5.88. The monoisotopic (exact) mass is 247 g/mol. The van der Waals surface area contributed by atoms with E-state index in [0.717, 1.165) is 5.57 Å². The Balaban J connectivity index is 2.48. The topological polar surface area (TPSA) is 69.4 Å². The van der Waals surface area contributed by atoms with Crippen molar-refractivity contribution in [3.05, 3.63) is 51.6 Å². The number of esters is 1. The van der Waals surface area contributed by atoms with Gasteiger partial charge in [0.1, 0.15) is 5.41 Å². The minimum Gasteiger partial charge on any atom is -0.468 e. The van der Waals surface area contributed by atoms with E-state index < -0.39 is 10.3 Å². The van der Waals surface area contributed by atoms with Gasteiger partial charge in [-0.2, -0.15) is 0 Å². The summed E-state index contributed by atoms with van der Waals surface area (Å²) < 4.78 is 4.81. The van der Waals surface area contributed by atoms with E-state index in [0.29, 0.717) is 12.0 Å². The maximum absolute atomic E-state index is 11.9. The first-order chi connectivity index (χ1) is 8.49. The molecule has 0 saturated carbocycles. The third-order valence-corrected chi connectivity index (χ3v) is 3.17. The van der Waals surface area contributed by atoms with Crippen LogP contribution in [0.1, 0.15) is 18.9 Å². The highest BCUT2D eigenvalue weighted by Crippen LogP contribution is 2.43. The van der Waals surface area contributed by atoms with E-state index in [2.05, 4.69) is 0 Å². The standard InChI is InChI=1S/C13H13NO4/c1-9-7-13(8-9,12(15)18-2)10-4-3-5-11(6-10)14(16)17/h3-7H,8H2,1-2H3. The second kappa shape index (κ2) is 4.25. The van der Waals surface area contributed by atoms with Gasteiger partial charge in [0.15, 0.2) is 0 Å². The molecule has 2 rings (SSSR count). The minimum absolute atomic E-state index is 0.0197. The molecule has 1 unspecified atom stereocenters. The summed E-state index contributed by atoms with van der Waals surface area (Å²) in [5, 5.41) is 10.8. The molecule has 0 aromatic heterocycles. The first-order valence-electron chi connectivity index (χ1n) is 5.51. The van der Waals surface area contributed by atoms with Crippen molar-refractivity contribution in [3.63, 3.8) is 0 Å². The smallest absolute Gasteiger partial charge is 0.320 e. The Morgan fingerprint density at radius 3 is 2.67 bits per heavy atom. The van der Waals surface area contributed by atoms with Crippen LogP contribution in [0, 0.1) is 10.1 Å². The van der Waals surface area contributed by atoms with Crippen LogP contribution in [-0.2, 0) is 14.9 Å². The minimum atomic E-state index is -0.856. The molecule has 1 atom stereocenters. The Kier molecular flexibility index (Phi) is 2.90. The molecule has 94 valence electrons. The fraction of sp³-hybridized carbons (Fsp3) is 0.308. The lowest BCUT2D eigenvalue weighted by molar-refractivity contribution is -0.384. The summed E-state index contributed by atoms with van der Waals surface area (Å²) in [7, 11) is 1.32. The summed E-state index contributed by atoms with van der Waals surface area (Å²) in [6.45, 7) is 1.92. The summed E-state index contributed by atoms with van der Waals surface area (Å²) in [6, 6.07) is 6.14. The van der Waals surface area contributed by atoms with Crippen LogP contribution in [0.3, 0.4) is 0 Å². The van der Waals surface area contributed by atoms with Gasteiger partial charge in [0, 0.05) is 12.1 Å². The Morgan fingerprint density at radius 2 is 2.17 bits per heavy atom. The van der Waals surface area contributed by atoms with Gasteiger partial charge in [0.25, 0.3) is 5.69 Å². The zero-order valence-corrected chi connectivity index (χ0v) is 10.2. The summed E-state index contributed by atoms with van der Waals surface area (Å²) >= 11 is 0. The molecule has 18 heavy (non-hydrogen) atoms. The fourth-order valence-electron chi connectivity index (χ4n) is 2.34. The Hall–Kier alpha value is -2.17. The molecule has 0 spiro atoms. The van der Waals surface area contributed by atoms with Gasteiger partial charge in [-0.15, -0.1) is 0 Å². The first-order valence-corrected chi connectivity index (χ1v) is 5.51. The van der Waals surface area contributed by atoms with E-state index in [1.54, 1.807) is 18.2 Å². The molecule has 0 fully saturated rings. The summed E-state index contributed by atoms with van der Waals surface area (Å²) in [5.74, 6) is -0.381. The van der Waals surface area contributed by atoms with E-state index in [1.165, 1.54) is 19.2 Å². The number of hydrogen-bond acceptors (Lipinski definition) is 4. The Morgan fingerprint density at radius 1 is 1.50 bits per heavy atom. The van der Waals surface area contributed by atoms with E-state index in [-0.39, 0.29) is 11.7 Å². The van der Waals surface area contributed by atoms with Crippen LogP contribution in [0.15, 0.2) is 35.9 Å². The summed E-state index contributed by atoms with van der Waals surface area (Å²) in [6.07, 6.45) is 2.35. The van der Waals surface area contributed by atoms with Crippen molar-refractivity contribution in [3.8, 4) is 0 Å². The molecule has 0 saturated heterocycles. The van der Waals surface area contributed by atoms with Crippen molar-refractivity contribution in [2.24, 2.45) is 0 Å². The van der Waals surface area contributed by atoms with Gasteiger partial charge in [-0.1, -0.05) is 23.8 Å². The van der Waals surface area contributed by atoms with E-state index in [4.69, 9.17) is 4.74 Å². The number of methoxy groups -OCH3 is 1. The number of hydrogen-bond donors (Lipinski definition) is 0. The summed E-state index contributed by atoms with van der Waals surface area (Å²) in [5.41, 5.74) is 0.806. The van der Waals surface area contributed by atoms with Crippen molar-refractivity contribution in [2.45, 2.75) is 18.8 Å². The van der Waals surface area contributed by atoms with Crippen LogP contribution in [0.5, 0.6) is 0 Å². The predicted molar refractivity (Wildman–Crippen MR) is 65.2 cm³/mol. The number of nitro groups is 1. The highest BCUT2D eigenvalue weighted by Gasteiger charge is 2.45. The van der Waals surface area contributed by atoms with Gasteiger partial charge >= 0.3 is 5.97 Å². The van der Waals surface area contributed by atoms with Crippen LogP contribution < -0.4 is 0 Å². The lowest BCUT2D eigenvalue weighted by Gasteiger charge is -2.36. The number of non-ortho nitro benzene ring substituents is 1. The largest absolute Gasteiger partial charge is 0.468 e. The molecule has 0 radical (unpaired) electrons. The third kappa shape index (κ3) is 1.77. The van der Waals surface area contributed by atoms with E-state index >= 15 is 0 Å². The van der Waals surface area contributed by atoms with Gasteiger partial charge < -0.3 is 4.74 Å². The average Bonchev–Trinajstić information content (AvgIpc) is 2.33. The molecule has 0 aliphatic heterocycles. The first kappa shape index (κ1) is 12.3. The van der Waals surface area contributed by atoms with Crippen LogP contribution >= 0.6 is 0 Å². The van der Waals surface area contributed by atoms with Gasteiger partial charge in [0.2, 0.25) is 0 Å². The van der Waals surface area contributed by atoms with Crippen molar-refractivity contribution in [1.82, 2.24) is 0 Å². The molecule has 1 aliphatic rings. The van der Waals surface area contributed by atoms with Crippen molar-refractivity contribution < 1.29 is 14.5 Å². The van der Waals surface area contributed by atoms with Crippen LogP contribution in [0.25, 0.3) is 0 Å². The number of carbonyl (C=O) groups is 1. The second-order valence-electron chi connectivity index (χ2n) is 4.44. The molecule has 5 nitrogen and oxygen atoms in total. The average molecular weight is 247 g/mol. The van der Waals surface area contributed by atoms with Gasteiger partial charge in [-0.3, -0.25) is 14.9 Å². The molecular formula is C13H13NO4. The highest BCUT2D eigenvalue weighted by atomic mass is 16.6. The fourth-order valence-corrected chi connectivity index (χ4v) is 2.34. The number of benzene rings is 1. The molecule has 1 aromatic rings. The Bertz CT molecular complexity index is 550. The zero-order valence-electron chi connectivity index (χ0n) is 10.2.